The molecule has 136 valence electrons. The lowest BCUT2D eigenvalue weighted by Crippen LogP contribution is -2.10. The molecule has 0 aliphatic heterocycles. The summed E-state index contributed by atoms with van der Waals surface area (Å²) in [5.74, 6) is -0.984. The van der Waals surface area contributed by atoms with E-state index in [1.54, 1.807) is 48.5 Å². The Bertz CT molecular complexity index is 1020. The molecule has 0 atom stereocenters. The van der Waals surface area contributed by atoms with Gasteiger partial charge in [-0.3, -0.25) is 0 Å². The van der Waals surface area contributed by atoms with E-state index in [1.165, 1.54) is 18.2 Å². The van der Waals surface area contributed by atoms with Gasteiger partial charge in [-0.15, -0.1) is 0 Å². The second kappa shape index (κ2) is 8.44. The monoisotopic (exact) mass is 420 g/mol. The van der Waals surface area contributed by atoms with Gasteiger partial charge in [-0.25, -0.2) is 9.59 Å². The highest BCUT2D eigenvalue weighted by Gasteiger charge is 2.16. The molecular formula is C20H11Cl3O4. The number of benzene rings is 3. The van der Waals surface area contributed by atoms with Crippen LogP contribution in [0.15, 0.2) is 66.7 Å². The van der Waals surface area contributed by atoms with Crippen LogP contribution in [-0.4, -0.2) is 11.9 Å². The highest BCUT2D eigenvalue weighted by Crippen LogP contribution is 2.31. The Balaban J connectivity index is 1.74. The number of hydrogen-bond acceptors (Lipinski definition) is 4. The maximum Gasteiger partial charge on any atom is 0.345 e. The molecule has 0 spiro atoms. The van der Waals surface area contributed by atoms with Crippen LogP contribution < -0.4 is 9.47 Å². The molecule has 0 aromatic heterocycles. The molecule has 3 rings (SSSR count). The summed E-state index contributed by atoms with van der Waals surface area (Å²) in [4.78, 5) is 24.4. The lowest BCUT2D eigenvalue weighted by atomic mass is 10.2. The quantitative estimate of drug-likeness (QED) is 0.378. The van der Waals surface area contributed by atoms with Crippen molar-refractivity contribution < 1.29 is 19.1 Å². The molecule has 27 heavy (non-hydrogen) atoms. The first-order valence-corrected chi connectivity index (χ1v) is 8.82. The molecule has 3 aromatic carbocycles. The third-order valence-corrected chi connectivity index (χ3v) is 4.46. The molecule has 0 amide bonds. The Labute approximate surface area is 170 Å². The van der Waals surface area contributed by atoms with E-state index in [9.17, 15) is 9.59 Å². The SMILES string of the molecule is O=C(Oc1ccc(OC(=O)c2ccccc2Cl)c(Cl)c1)c1ccccc1Cl. The standard InChI is InChI=1S/C20H11Cl3O4/c21-15-7-3-1-5-13(15)19(24)26-12-9-10-18(17(23)11-12)27-20(25)14-6-2-4-8-16(14)22/h1-11H. The summed E-state index contributed by atoms with van der Waals surface area (Å²) in [5, 5.41) is 0.641. The first-order chi connectivity index (χ1) is 13.0. The second-order valence-corrected chi connectivity index (χ2v) is 6.55. The highest BCUT2D eigenvalue weighted by molar-refractivity contribution is 6.34. The van der Waals surface area contributed by atoms with Gasteiger partial charge in [0.05, 0.1) is 26.2 Å². The van der Waals surface area contributed by atoms with Gasteiger partial charge < -0.3 is 9.47 Å². The maximum absolute atomic E-state index is 12.2. The Hall–Kier alpha value is -2.53. The van der Waals surface area contributed by atoms with Gasteiger partial charge in [0.2, 0.25) is 0 Å². The second-order valence-electron chi connectivity index (χ2n) is 5.33. The van der Waals surface area contributed by atoms with Crippen molar-refractivity contribution in [3.05, 3.63) is 92.9 Å². The van der Waals surface area contributed by atoms with Crippen LogP contribution in [0.5, 0.6) is 11.5 Å². The minimum Gasteiger partial charge on any atom is -0.423 e. The summed E-state index contributed by atoms with van der Waals surface area (Å²) in [6.45, 7) is 0. The summed E-state index contributed by atoms with van der Waals surface area (Å²) >= 11 is 18.1. The van der Waals surface area contributed by atoms with Gasteiger partial charge in [0.1, 0.15) is 11.5 Å². The Morgan fingerprint density at radius 1 is 0.630 bits per heavy atom. The number of carbonyl (C=O) groups is 2. The Kier molecular flexibility index (Phi) is 6.01. The van der Waals surface area contributed by atoms with E-state index in [-0.39, 0.29) is 37.7 Å². The average Bonchev–Trinajstić information content (AvgIpc) is 2.64. The van der Waals surface area contributed by atoms with Gasteiger partial charge in [-0.2, -0.15) is 0 Å². The van der Waals surface area contributed by atoms with Crippen molar-refractivity contribution in [2.75, 3.05) is 0 Å². The minimum atomic E-state index is -0.650. The van der Waals surface area contributed by atoms with Gasteiger partial charge in [0, 0.05) is 6.07 Å². The zero-order chi connectivity index (χ0) is 19.4. The van der Waals surface area contributed by atoms with Gasteiger partial charge >= 0.3 is 11.9 Å². The summed E-state index contributed by atoms with van der Waals surface area (Å²) in [6, 6.07) is 17.2. The van der Waals surface area contributed by atoms with E-state index in [0.29, 0.717) is 0 Å². The largest absolute Gasteiger partial charge is 0.423 e. The number of hydrogen-bond donors (Lipinski definition) is 0. The van der Waals surface area contributed by atoms with E-state index in [1.807, 2.05) is 0 Å². The van der Waals surface area contributed by atoms with Gasteiger partial charge in [0.25, 0.3) is 0 Å². The van der Waals surface area contributed by atoms with Crippen molar-refractivity contribution >= 4 is 46.7 Å². The van der Waals surface area contributed by atoms with E-state index in [2.05, 4.69) is 0 Å². The Morgan fingerprint density at radius 3 is 1.67 bits per heavy atom. The van der Waals surface area contributed by atoms with Crippen LogP contribution in [0.2, 0.25) is 15.1 Å². The predicted molar refractivity (Wildman–Crippen MR) is 104 cm³/mol. The fourth-order valence-electron chi connectivity index (χ4n) is 2.20. The van der Waals surface area contributed by atoms with Crippen LogP contribution in [-0.2, 0) is 0 Å². The lowest BCUT2D eigenvalue weighted by molar-refractivity contribution is 0.0719. The third kappa shape index (κ3) is 4.61. The van der Waals surface area contributed by atoms with Crippen LogP contribution >= 0.6 is 34.8 Å². The first kappa shape index (κ1) is 19.2. The van der Waals surface area contributed by atoms with E-state index < -0.39 is 11.9 Å². The van der Waals surface area contributed by atoms with Crippen LogP contribution in [0.3, 0.4) is 0 Å². The number of halogens is 3. The van der Waals surface area contributed by atoms with Gasteiger partial charge in [-0.1, -0.05) is 59.1 Å². The summed E-state index contributed by atoms with van der Waals surface area (Å²) < 4.78 is 10.5. The van der Waals surface area contributed by atoms with Crippen molar-refractivity contribution in [2.24, 2.45) is 0 Å². The molecule has 0 unspecified atom stereocenters. The topological polar surface area (TPSA) is 52.6 Å². The molecule has 0 saturated carbocycles. The van der Waals surface area contributed by atoms with Crippen molar-refractivity contribution in [2.45, 2.75) is 0 Å². The van der Waals surface area contributed by atoms with Crippen molar-refractivity contribution in [3.63, 3.8) is 0 Å². The smallest absolute Gasteiger partial charge is 0.345 e. The molecule has 0 radical (unpaired) electrons. The molecule has 0 aliphatic rings. The molecule has 4 nitrogen and oxygen atoms in total. The van der Waals surface area contributed by atoms with Gasteiger partial charge in [-0.05, 0) is 36.4 Å². The molecule has 0 fully saturated rings. The molecule has 0 bridgehead atoms. The fourth-order valence-corrected chi connectivity index (χ4v) is 2.83. The van der Waals surface area contributed by atoms with E-state index in [0.717, 1.165) is 0 Å². The first-order valence-electron chi connectivity index (χ1n) is 7.68. The minimum absolute atomic E-state index is 0.0971. The molecule has 3 aromatic rings. The van der Waals surface area contributed by atoms with Crippen LogP contribution in [0.1, 0.15) is 20.7 Å². The molecular weight excluding hydrogens is 411 g/mol. The zero-order valence-corrected chi connectivity index (χ0v) is 15.9. The fraction of sp³-hybridized carbons (Fsp3) is 0. The molecule has 0 N–H and O–H groups in total. The van der Waals surface area contributed by atoms with Crippen LogP contribution in [0.4, 0.5) is 0 Å². The number of rotatable bonds is 4. The maximum atomic E-state index is 12.2. The van der Waals surface area contributed by atoms with Crippen LogP contribution in [0.25, 0.3) is 0 Å². The molecule has 7 heteroatoms. The number of ether oxygens (including phenoxy) is 2. The average molecular weight is 422 g/mol. The number of esters is 2. The third-order valence-electron chi connectivity index (χ3n) is 3.50. The van der Waals surface area contributed by atoms with Crippen molar-refractivity contribution in [1.29, 1.82) is 0 Å². The predicted octanol–water partition coefficient (Wildman–Crippen LogP) is 6.09. The van der Waals surface area contributed by atoms with E-state index in [4.69, 9.17) is 44.3 Å². The summed E-state index contributed by atoms with van der Waals surface area (Å²) in [7, 11) is 0. The zero-order valence-electron chi connectivity index (χ0n) is 13.6. The molecule has 0 saturated heterocycles. The molecule has 0 aliphatic carbocycles. The molecule has 0 heterocycles. The summed E-state index contributed by atoms with van der Waals surface area (Å²) in [5.41, 5.74) is 0.439. The summed E-state index contributed by atoms with van der Waals surface area (Å²) in [6.07, 6.45) is 0. The van der Waals surface area contributed by atoms with Crippen molar-refractivity contribution in [1.82, 2.24) is 0 Å². The highest BCUT2D eigenvalue weighted by atomic mass is 35.5. The normalized spacial score (nSPS) is 10.3. The van der Waals surface area contributed by atoms with Crippen molar-refractivity contribution in [3.8, 4) is 11.5 Å². The van der Waals surface area contributed by atoms with E-state index >= 15 is 0 Å². The lowest BCUT2D eigenvalue weighted by Gasteiger charge is -2.10. The number of carbonyl (C=O) groups excluding carboxylic acids is 2. The van der Waals surface area contributed by atoms with Gasteiger partial charge in [0.15, 0.2) is 0 Å². The van der Waals surface area contributed by atoms with Crippen LogP contribution in [0, 0.1) is 0 Å². The Morgan fingerprint density at radius 2 is 1.15 bits per heavy atom.